The quantitative estimate of drug-likeness (QED) is 0.835. The molecule has 1 aliphatic rings. The van der Waals surface area contributed by atoms with Crippen LogP contribution in [0.1, 0.15) is 30.2 Å². The highest BCUT2D eigenvalue weighted by Crippen LogP contribution is 2.36. The zero-order valence-corrected chi connectivity index (χ0v) is 11.2. The summed E-state index contributed by atoms with van der Waals surface area (Å²) in [4.78, 5) is 0. The summed E-state index contributed by atoms with van der Waals surface area (Å²) in [6, 6.07) is 7.45. The predicted molar refractivity (Wildman–Crippen MR) is 73.7 cm³/mol. The summed E-state index contributed by atoms with van der Waals surface area (Å²) in [5.74, 6) is 0. The van der Waals surface area contributed by atoms with E-state index in [1.54, 1.807) is 0 Å². The van der Waals surface area contributed by atoms with E-state index in [0.717, 1.165) is 36.2 Å². The number of hydrogen-bond acceptors (Lipinski definition) is 1. The van der Waals surface area contributed by atoms with Crippen molar-refractivity contribution in [3.05, 3.63) is 51.8 Å². The Hall–Kier alpha value is -0.960. The molecule has 2 nitrogen and oxygen atoms in total. The number of aliphatic hydroxyl groups excluding tert-OH is 1. The molecule has 1 aromatic heterocycles. The zero-order chi connectivity index (χ0) is 12.7. The number of nitrogens with zero attached hydrogens (tertiary/aromatic N) is 1. The van der Waals surface area contributed by atoms with E-state index in [1.807, 2.05) is 35.0 Å². The second kappa shape index (κ2) is 4.61. The Morgan fingerprint density at radius 1 is 1.17 bits per heavy atom. The molecule has 4 heteroatoms. The molecule has 1 N–H and O–H groups in total. The normalized spacial score (nSPS) is 18.7. The minimum atomic E-state index is -0.365. The van der Waals surface area contributed by atoms with E-state index < -0.39 is 0 Å². The molecule has 0 fully saturated rings. The van der Waals surface area contributed by atoms with E-state index in [-0.39, 0.29) is 6.10 Å². The number of aliphatic hydroxyl groups is 1. The van der Waals surface area contributed by atoms with Gasteiger partial charge in [0.25, 0.3) is 0 Å². The number of halogens is 2. The van der Waals surface area contributed by atoms with E-state index in [2.05, 4.69) is 0 Å². The van der Waals surface area contributed by atoms with Gasteiger partial charge in [-0.15, -0.1) is 0 Å². The largest absolute Gasteiger partial charge is 0.388 e. The third-order valence-electron chi connectivity index (χ3n) is 3.46. The maximum Gasteiger partial charge on any atom is 0.0828 e. The molecule has 0 aliphatic heterocycles. The number of hydrogen-bond donors (Lipinski definition) is 1. The summed E-state index contributed by atoms with van der Waals surface area (Å²) in [5, 5.41) is 11.2. The van der Waals surface area contributed by atoms with Gasteiger partial charge in [-0.25, -0.2) is 0 Å². The molecule has 0 spiro atoms. The van der Waals surface area contributed by atoms with E-state index in [1.165, 1.54) is 0 Å². The molecule has 1 aliphatic carbocycles. The first-order valence-corrected chi connectivity index (χ1v) is 6.76. The monoisotopic (exact) mass is 281 g/mol. The lowest BCUT2D eigenvalue weighted by molar-refractivity contribution is 0.156. The predicted octanol–water partition coefficient (Wildman–Crippen LogP) is 4.15. The zero-order valence-electron chi connectivity index (χ0n) is 9.74. The molecule has 94 valence electrons. The Balaban J connectivity index is 2.19. The fourth-order valence-electron chi connectivity index (χ4n) is 2.60. The van der Waals surface area contributed by atoms with Crippen LogP contribution >= 0.6 is 23.2 Å². The number of aromatic nitrogens is 1. The third-order valence-corrected chi connectivity index (χ3v) is 4.07. The summed E-state index contributed by atoms with van der Waals surface area (Å²) in [7, 11) is 0. The van der Waals surface area contributed by atoms with Gasteiger partial charge in [0, 0.05) is 17.5 Å². The lowest BCUT2D eigenvalue weighted by Crippen LogP contribution is -2.11. The fourth-order valence-corrected chi connectivity index (χ4v) is 3.17. The molecule has 0 amide bonds. The van der Waals surface area contributed by atoms with Crippen molar-refractivity contribution in [1.29, 1.82) is 0 Å². The van der Waals surface area contributed by atoms with Crippen LogP contribution in [0, 0.1) is 0 Å². The number of rotatable bonds is 1. The Bertz CT molecular complexity index is 571. The van der Waals surface area contributed by atoms with Crippen molar-refractivity contribution in [1.82, 2.24) is 4.57 Å². The van der Waals surface area contributed by atoms with Crippen molar-refractivity contribution in [3.63, 3.8) is 0 Å². The molecule has 0 saturated heterocycles. The number of benzene rings is 1. The molecular weight excluding hydrogens is 269 g/mol. The van der Waals surface area contributed by atoms with E-state index in [9.17, 15) is 5.11 Å². The molecule has 0 bridgehead atoms. The maximum absolute atomic E-state index is 9.98. The molecule has 1 aromatic carbocycles. The lowest BCUT2D eigenvalue weighted by atomic mass is 9.95. The van der Waals surface area contributed by atoms with Gasteiger partial charge in [0.05, 0.1) is 21.8 Å². The summed E-state index contributed by atoms with van der Waals surface area (Å²) in [6.07, 6.45) is 4.33. The summed E-state index contributed by atoms with van der Waals surface area (Å²) >= 11 is 12.5. The molecule has 1 atom stereocenters. The highest BCUT2D eigenvalue weighted by Gasteiger charge is 2.23. The van der Waals surface area contributed by atoms with Crippen molar-refractivity contribution >= 4 is 23.2 Å². The summed E-state index contributed by atoms with van der Waals surface area (Å²) < 4.78 is 2.00. The molecule has 1 unspecified atom stereocenters. The average molecular weight is 282 g/mol. The standard InChI is InChI=1S/C14H13Cl2NO/c15-10-3-1-4-11(16)14(10)17-8-7-9-12(17)5-2-6-13(9)18/h1,3-4,7-8,13,18H,2,5-6H2. The van der Waals surface area contributed by atoms with Crippen molar-refractivity contribution in [2.75, 3.05) is 0 Å². The number of para-hydroxylation sites is 1. The first-order chi connectivity index (χ1) is 8.68. The van der Waals surface area contributed by atoms with Crippen molar-refractivity contribution in [3.8, 4) is 5.69 Å². The lowest BCUT2D eigenvalue weighted by Gasteiger charge is -2.21. The Morgan fingerprint density at radius 3 is 2.61 bits per heavy atom. The number of fused-ring (bicyclic) bond motifs is 1. The van der Waals surface area contributed by atoms with Crippen molar-refractivity contribution < 1.29 is 5.11 Å². The van der Waals surface area contributed by atoms with Crippen LogP contribution in [0.4, 0.5) is 0 Å². The Labute approximate surface area is 116 Å². The van der Waals surface area contributed by atoms with Gasteiger partial charge in [0.2, 0.25) is 0 Å². The molecular formula is C14H13Cl2NO. The first-order valence-electron chi connectivity index (χ1n) is 6.01. The topological polar surface area (TPSA) is 25.2 Å². The molecule has 1 heterocycles. The highest BCUT2D eigenvalue weighted by atomic mass is 35.5. The van der Waals surface area contributed by atoms with Crippen LogP contribution in [0.25, 0.3) is 5.69 Å². The summed E-state index contributed by atoms with van der Waals surface area (Å²) in [6.45, 7) is 0. The fraction of sp³-hybridized carbons (Fsp3) is 0.286. The third kappa shape index (κ3) is 1.85. The Kier molecular flexibility index (Phi) is 3.10. The molecule has 18 heavy (non-hydrogen) atoms. The maximum atomic E-state index is 9.98. The minimum Gasteiger partial charge on any atom is -0.388 e. The van der Waals surface area contributed by atoms with Gasteiger partial charge in [-0.05, 0) is 37.5 Å². The van der Waals surface area contributed by atoms with Crippen molar-refractivity contribution in [2.24, 2.45) is 0 Å². The van der Waals surface area contributed by atoms with Gasteiger partial charge in [0.1, 0.15) is 0 Å². The molecule has 2 aromatic rings. The van der Waals surface area contributed by atoms with Crippen LogP contribution in [0.15, 0.2) is 30.5 Å². The van der Waals surface area contributed by atoms with E-state index in [0.29, 0.717) is 10.0 Å². The van der Waals surface area contributed by atoms with Gasteiger partial charge < -0.3 is 9.67 Å². The van der Waals surface area contributed by atoms with Gasteiger partial charge in [-0.2, -0.15) is 0 Å². The molecule has 0 radical (unpaired) electrons. The highest BCUT2D eigenvalue weighted by molar-refractivity contribution is 6.37. The minimum absolute atomic E-state index is 0.365. The molecule has 0 saturated carbocycles. The van der Waals surface area contributed by atoms with E-state index in [4.69, 9.17) is 23.2 Å². The van der Waals surface area contributed by atoms with Gasteiger partial charge >= 0.3 is 0 Å². The van der Waals surface area contributed by atoms with E-state index >= 15 is 0 Å². The van der Waals surface area contributed by atoms with Crippen LogP contribution in [0.3, 0.4) is 0 Å². The summed E-state index contributed by atoms with van der Waals surface area (Å²) in [5.41, 5.74) is 2.91. The van der Waals surface area contributed by atoms with Crippen LogP contribution < -0.4 is 0 Å². The van der Waals surface area contributed by atoms with Gasteiger partial charge in [-0.3, -0.25) is 0 Å². The Morgan fingerprint density at radius 2 is 1.89 bits per heavy atom. The first kappa shape index (κ1) is 12.1. The van der Waals surface area contributed by atoms with Crippen LogP contribution in [0.5, 0.6) is 0 Å². The van der Waals surface area contributed by atoms with Crippen LogP contribution in [-0.2, 0) is 6.42 Å². The van der Waals surface area contributed by atoms with Gasteiger partial charge in [0.15, 0.2) is 0 Å². The SMILES string of the molecule is OC1CCCc2c1ccn2-c1c(Cl)cccc1Cl. The molecule has 3 rings (SSSR count). The van der Waals surface area contributed by atoms with Crippen molar-refractivity contribution in [2.45, 2.75) is 25.4 Å². The average Bonchev–Trinajstić information content (AvgIpc) is 2.75. The van der Waals surface area contributed by atoms with Crippen LogP contribution in [-0.4, -0.2) is 9.67 Å². The second-order valence-electron chi connectivity index (χ2n) is 4.57. The second-order valence-corrected chi connectivity index (χ2v) is 5.38. The smallest absolute Gasteiger partial charge is 0.0828 e. The van der Waals surface area contributed by atoms with Gasteiger partial charge in [-0.1, -0.05) is 29.3 Å². The van der Waals surface area contributed by atoms with Crippen LogP contribution in [0.2, 0.25) is 10.0 Å².